The lowest BCUT2D eigenvalue weighted by molar-refractivity contribution is -0.135. The Balaban J connectivity index is 1.62. The summed E-state index contributed by atoms with van der Waals surface area (Å²) in [6.07, 6.45) is 0.404. The van der Waals surface area contributed by atoms with Crippen LogP contribution in [-0.4, -0.2) is 149 Å². The quantitative estimate of drug-likeness (QED) is 0.0177. The summed E-state index contributed by atoms with van der Waals surface area (Å²) in [4.78, 5) is 140. The third kappa shape index (κ3) is 21.5. The summed E-state index contributed by atoms with van der Waals surface area (Å²) in [5, 5.41) is 32.3. The highest BCUT2D eigenvalue weighted by molar-refractivity contribution is 6.08. The Morgan fingerprint density at radius 3 is 1.07 bits per heavy atom. The number of nitrogens with one attached hydrogen (secondary N) is 9. The standard InChI is InChI=1S/C54H70N16O15/c1-28(71)64-29-12-16-41(83-3)34(23-29)46(75)68-37(9-6-20-60-52(55)56)49(78)66-31-14-18-42(84-4)35(25-31)47(76)69-38(10-7-21-61-53(57)58)50(79)67-32-15-19-43(85-5)36(26-32)48(77)70-39(11-8-22-62-54(59)81)51(80)65-30-13-17-40(82-2)33(24-30)45(74)63-27-44(72)73/h12-19,23-26,37-39H,6-11,20-22,27H2,1-5H3,(H,63,74)(H,64,71)(H,65,80)(H,66,78)(H,67,79)(H,68,75)(H,69,76)(H,70,77)(H,72,73)(H4,55,56,60)(H4,57,58,61)(H3,59,62,81)/t37-,38-,39-/m1/s1. The summed E-state index contributed by atoms with van der Waals surface area (Å²) < 4.78 is 21.6. The van der Waals surface area contributed by atoms with Crippen LogP contribution in [0.3, 0.4) is 0 Å². The van der Waals surface area contributed by atoms with Gasteiger partial charge in [0.25, 0.3) is 23.6 Å². The molecule has 0 saturated carbocycles. The number of methoxy groups -OCH3 is 4. The molecule has 4 aromatic carbocycles. The van der Waals surface area contributed by atoms with Gasteiger partial charge in [-0.05, 0) is 111 Å². The van der Waals surface area contributed by atoms with E-state index in [0.29, 0.717) is 0 Å². The molecule has 0 unspecified atom stereocenters. The second kappa shape index (κ2) is 33.1. The van der Waals surface area contributed by atoms with Crippen molar-refractivity contribution in [2.75, 3.05) is 75.9 Å². The first-order chi connectivity index (χ1) is 40.5. The minimum absolute atomic E-state index is 0.000188. The van der Waals surface area contributed by atoms with Crippen LogP contribution in [0, 0.1) is 0 Å². The Bertz CT molecular complexity index is 3170. The SMILES string of the molecule is COc1ccc(NC(=O)[C@@H](CCCNC(N)=O)NC(=O)c2cc(NC(=O)[C@@H](CCCN=C(N)N)NC(=O)c3cc(NC(=O)[C@@H](CCCN=C(N)N)NC(=O)c4cc(NC(C)=O)ccc4OC)ccc3OC)ccc2OC)cc1C(=O)NCC(=O)O. The number of ether oxygens (including phenoxy) is 4. The molecule has 10 amide bonds. The molecule has 0 aliphatic rings. The molecule has 456 valence electrons. The van der Waals surface area contributed by atoms with Crippen LogP contribution in [0.25, 0.3) is 0 Å². The minimum Gasteiger partial charge on any atom is -0.496 e. The van der Waals surface area contributed by atoms with Gasteiger partial charge >= 0.3 is 12.0 Å². The first-order valence-electron chi connectivity index (χ1n) is 26.0. The third-order valence-corrected chi connectivity index (χ3v) is 12.0. The van der Waals surface area contributed by atoms with Gasteiger partial charge < -0.3 is 101 Å². The molecule has 0 aliphatic heterocycles. The van der Waals surface area contributed by atoms with E-state index in [4.69, 9.17) is 52.7 Å². The number of nitrogens with zero attached hydrogens (tertiary/aromatic N) is 2. The smallest absolute Gasteiger partial charge is 0.322 e. The Morgan fingerprint density at radius 1 is 0.459 bits per heavy atom. The topological polar surface area (TPSA) is 491 Å². The van der Waals surface area contributed by atoms with E-state index in [1.807, 2.05) is 0 Å². The van der Waals surface area contributed by atoms with E-state index >= 15 is 0 Å². The van der Waals surface area contributed by atoms with Crippen molar-refractivity contribution in [2.24, 2.45) is 38.7 Å². The lowest BCUT2D eigenvalue weighted by atomic mass is 10.1. The number of anilines is 4. The Hall–Kier alpha value is -10.9. The zero-order valence-corrected chi connectivity index (χ0v) is 47.2. The molecular weight excluding hydrogens is 1110 g/mol. The third-order valence-electron chi connectivity index (χ3n) is 12.0. The number of hydrogen-bond donors (Lipinski definition) is 15. The van der Waals surface area contributed by atoms with Gasteiger partial charge in [-0.25, -0.2) is 4.79 Å². The number of amides is 10. The summed E-state index contributed by atoms with van der Waals surface area (Å²) in [5.74, 6) is -7.41. The number of carboxylic acids is 1. The molecule has 0 heterocycles. The number of aliphatic imine (C=N–C) groups is 2. The molecule has 31 heteroatoms. The monoisotopic (exact) mass is 1180 g/mol. The lowest BCUT2D eigenvalue weighted by Gasteiger charge is -2.21. The molecule has 0 spiro atoms. The Kier molecular flexibility index (Phi) is 26.0. The van der Waals surface area contributed by atoms with E-state index in [9.17, 15) is 47.9 Å². The molecule has 0 fully saturated rings. The van der Waals surface area contributed by atoms with Crippen molar-refractivity contribution >= 4 is 93.9 Å². The number of primary amides is 1. The lowest BCUT2D eigenvalue weighted by Crippen LogP contribution is -2.45. The molecule has 0 saturated heterocycles. The maximum absolute atomic E-state index is 14.3. The van der Waals surface area contributed by atoms with E-state index < -0.39 is 83.9 Å². The summed E-state index contributed by atoms with van der Waals surface area (Å²) >= 11 is 0. The molecule has 31 nitrogen and oxygen atoms in total. The zero-order valence-electron chi connectivity index (χ0n) is 47.2. The maximum atomic E-state index is 14.3. The highest BCUT2D eigenvalue weighted by Crippen LogP contribution is 2.28. The van der Waals surface area contributed by atoms with Crippen LogP contribution in [0.5, 0.6) is 23.0 Å². The maximum Gasteiger partial charge on any atom is 0.322 e. The van der Waals surface area contributed by atoms with Gasteiger partial charge in [0.15, 0.2) is 11.9 Å². The van der Waals surface area contributed by atoms with Crippen LogP contribution in [0.1, 0.15) is 86.9 Å². The fourth-order valence-electron chi connectivity index (χ4n) is 8.03. The number of benzene rings is 4. The van der Waals surface area contributed by atoms with Crippen molar-refractivity contribution in [3.8, 4) is 23.0 Å². The molecule has 0 bridgehead atoms. The van der Waals surface area contributed by atoms with E-state index in [2.05, 4.69) is 57.8 Å². The first-order valence-corrected chi connectivity index (χ1v) is 26.0. The van der Waals surface area contributed by atoms with Gasteiger partial charge in [-0.3, -0.25) is 53.1 Å². The fourth-order valence-corrected chi connectivity index (χ4v) is 8.03. The zero-order chi connectivity index (χ0) is 62.8. The first kappa shape index (κ1) is 66.6. The largest absolute Gasteiger partial charge is 0.496 e. The Labute approximate surface area is 487 Å². The van der Waals surface area contributed by atoms with Crippen molar-refractivity contribution in [3.05, 3.63) is 95.1 Å². The molecule has 4 aromatic rings. The number of urea groups is 1. The van der Waals surface area contributed by atoms with Crippen molar-refractivity contribution in [3.63, 3.8) is 0 Å². The summed E-state index contributed by atoms with van der Waals surface area (Å²) in [6.45, 7) is 0.754. The fraction of sp³-hybridized carbons (Fsp3) is 0.333. The van der Waals surface area contributed by atoms with Crippen molar-refractivity contribution < 1.29 is 72.0 Å². The van der Waals surface area contributed by atoms with Crippen LogP contribution in [0.2, 0.25) is 0 Å². The predicted molar refractivity (Wildman–Crippen MR) is 313 cm³/mol. The number of carboxylic acid groups (broad SMARTS) is 1. The van der Waals surface area contributed by atoms with Crippen molar-refractivity contribution in [1.82, 2.24) is 26.6 Å². The van der Waals surface area contributed by atoms with Gasteiger partial charge in [0.1, 0.15) is 47.7 Å². The number of nitrogens with two attached hydrogens (primary N) is 5. The number of aliphatic carboxylic acids is 1. The molecule has 4 rings (SSSR count). The van der Waals surface area contributed by atoms with E-state index in [0.717, 1.165) is 0 Å². The van der Waals surface area contributed by atoms with Crippen LogP contribution in [-0.2, 0) is 24.0 Å². The predicted octanol–water partition coefficient (Wildman–Crippen LogP) is 0.261. The van der Waals surface area contributed by atoms with Gasteiger partial charge in [-0.2, -0.15) is 0 Å². The minimum atomic E-state index is -1.33. The van der Waals surface area contributed by atoms with Gasteiger partial charge in [0.2, 0.25) is 23.6 Å². The van der Waals surface area contributed by atoms with Crippen LogP contribution >= 0.6 is 0 Å². The summed E-state index contributed by atoms with van der Waals surface area (Å²) in [6, 6.07) is 11.8. The molecule has 20 N–H and O–H groups in total. The Morgan fingerprint density at radius 2 is 0.776 bits per heavy atom. The normalized spacial score (nSPS) is 11.5. The van der Waals surface area contributed by atoms with Crippen molar-refractivity contribution in [1.29, 1.82) is 0 Å². The van der Waals surface area contributed by atoms with E-state index in [1.165, 1.54) is 108 Å². The van der Waals surface area contributed by atoms with Gasteiger partial charge in [-0.15, -0.1) is 0 Å². The molecule has 85 heavy (non-hydrogen) atoms. The average Bonchev–Trinajstić information content (AvgIpc) is 3.67. The summed E-state index contributed by atoms with van der Waals surface area (Å²) in [5.41, 5.74) is 27.3. The number of hydrogen-bond acceptors (Lipinski definition) is 16. The number of rotatable bonds is 32. The van der Waals surface area contributed by atoms with Crippen LogP contribution < -0.4 is 95.5 Å². The second-order valence-corrected chi connectivity index (χ2v) is 18.3. The second-order valence-electron chi connectivity index (χ2n) is 18.3. The van der Waals surface area contributed by atoms with Gasteiger partial charge in [0, 0.05) is 49.3 Å². The summed E-state index contributed by atoms with van der Waals surface area (Å²) in [7, 11) is 5.19. The highest BCUT2D eigenvalue weighted by atomic mass is 16.5. The van der Waals surface area contributed by atoms with E-state index in [1.54, 1.807) is 0 Å². The van der Waals surface area contributed by atoms with Crippen LogP contribution in [0.15, 0.2) is 82.8 Å². The molecule has 0 aromatic heterocycles. The van der Waals surface area contributed by atoms with Gasteiger partial charge in [0.05, 0.1) is 50.7 Å². The van der Waals surface area contributed by atoms with E-state index in [-0.39, 0.29) is 138 Å². The molecule has 0 aliphatic carbocycles. The number of carbonyl (C=O) groups excluding carboxylic acids is 9. The highest BCUT2D eigenvalue weighted by Gasteiger charge is 2.29. The van der Waals surface area contributed by atoms with Crippen LogP contribution in [0.4, 0.5) is 27.5 Å². The molecule has 3 atom stereocenters. The number of carbonyl (C=O) groups is 10. The number of guanidine groups is 2. The molecule has 0 radical (unpaired) electrons. The van der Waals surface area contributed by atoms with Gasteiger partial charge in [-0.1, -0.05) is 0 Å². The van der Waals surface area contributed by atoms with Crippen molar-refractivity contribution in [2.45, 2.75) is 63.6 Å². The molecular formula is C54H70N16O15. The average molecular weight is 1180 g/mol.